The van der Waals surface area contributed by atoms with Crippen molar-refractivity contribution in [1.29, 1.82) is 0 Å². The molecule has 0 aliphatic carbocycles. The number of rotatable bonds is 12. The van der Waals surface area contributed by atoms with Crippen LogP contribution in [0.2, 0.25) is 0 Å². The van der Waals surface area contributed by atoms with E-state index in [0.29, 0.717) is 13.2 Å². The molecule has 0 spiro atoms. The van der Waals surface area contributed by atoms with Gasteiger partial charge in [0.15, 0.2) is 0 Å². The summed E-state index contributed by atoms with van der Waals surface area (Å²) >= 11 is 0. The zero-order chi connectivity index (χ0) is 15.3. The first-order chi connectivity index (χ1) is 10.3. The number of aryl methyl sites for hydroxylation is 1. The summed E-state index contributed by atoms with van der Waals surface area (Å²) in [6, 6.07) is 1.95. The largest absolute Gasteiger partial charge is 0.394 e. The highest BCUT2D eigenvalue weighted by Gasteiger charge is 2.03. The maximum absolute atomic E-state index is 8.62. The quantitative estimate of drug-likeness (QED) is 0.512. The second kappa shape index (κ2) is 11.3. The molecule has 120 valence electrons. The van der Waals surface area contributed by atoms with Crippen LogP contribution in [-0.2, 0) is 11.2 Å². The average molecular weight is 296 g/mol. The van der Waals surface area contributed by atoms with Gasteiger partial charge in [-0.1, -0.05) is 13.8 Å². The third kappa shape index (κ3) is 7.82. The molecule has 6 nitrogen and oxygen atoms in total. The van der Waals surface area contributed by atoms with Crippen LogP contribution in [0.5, 0.6) is 0 Å². The Morgan fingerprint density at radius 2 is 1.76 bits per heavy atom. The van der Waals surface area contributed by atoms with Crippen LogP contribution in [0, 0.1) is 0 Å². The molecule has 1 aromatic heterocycles. The van der Waals surface area contributed by atoms with Gasteiger partial charge in [0.1, 0.15) is 17.5 Å². The Bertz CT molecular complexity index is 388. The fourth-order valence-corrected chi connectivity index (χ4v) is 1.82. The highest BCUT2D eigenvalue weighted by molar-refractivity contribution is 5.47. The number of aliphatic hydroxyl groups excluding tert-OH is 1. The molecule has 0 saturated heterocycles. The second-order valence-corrected chi connectivity index (χ2v) is 4.85. The molecular formula is C15H28N4O2. The third-order valence-electron chi connectivity index (χ3n) is 2.81. The fraction of sp³-hybridized carbons (Fsp3) is 0.733. The summed E-state index contributed by atoms with van der Waals surface area (Å²) in [5, 5.41) is 15.2. The minimum Gasteiger partial charge on any atom is -0.394 e. The van der Waals surface area contributed by atoms with E-state index < -0.39 is 0 Å². The van der Waals surface area contributed by atoms with E-state index in [9.17, 15) is 0 Å². The first kappa shape index (κ1) is 17.7. The van der Waals surface area contributed by atoms with Gasteiger partial charge in [-0.3, -0.25) is 0 Å². The Labute approximate surface area is 127 Å². The van der Waals surface area contributed by atoms with Crippen LogP contribution in [0.15, 0.2) is 6.07 Å². The van der Waals surface area contributed by atoms with E-state index in [0.717, 1.165) is 56.2 Å². The Morgan fingerprint density at radius 1 is 1.05 bits per heavy atom. The van der Waals surface area contributed by atoms with Gasteiger partial charge in [-0.15, -0.1) is 0 Å². The molecule has 0 amide bonds. The van der Waals surface area contributed by atoms with Crippen LogP contribution >= 0.6 is 0 Å². The molecule has 0 aromatic carbocycles. The predicted molar refractivity (Wildman–Crippen MR) is 85.8 cm³/mol. The number of aliphatic hydroxyl groups is 1. The number of anilines is 2. The van der Waals surface area contributed by atoms with Gasteiger partial charge in [-0.25, -0.2) is 9.97 Å². The number of ether oxygens (including phenoxy) is 1. The summed E-state index contributed by atoms with van der Waals surface area (Å²) < 4.78 is 5.22. The molecule has 1 heterocycles. The molecular weight excluding hydrogens is 268 g/mol. The summed E-state index contributed by atoms with van der Waals surface area (Å²) in [4.78, 5) is 9.04. The maximum Gasteiger partial charge on any atom is 0.133 e. The topological polar surface area (TPSA) is 79.3 Å². The van der Waals surface area contributed by atoms with Gasteiger partial charge >= 0.3 is 0 Å². The molecule has 1 rings (SSSR count). The summed E-state index contributed by atoms with van der Waals surface area (Å²) in [5.41, 5.74) is 0. The van der Waals surface area contributed by atoms with Crippen molar-refractivity contribution in [1.82, 2.24) is 9.97 Å². The molecule has 0 radical (unpaired) electrons. The summed E-state index contributed by atoms with van der Waals surface area (Å²) in [7, 11) is 0. The Kier molecular flexibility index (Phi) is 9.48. The number of nitrogens with zero attached hydrogens (tertiary/aromatic N) is 2. The van der Waals surface area contributed by atoms with E-state index in [-0.39, 0.29) is 6.61 Å². The summed E-state index contributed by atoms with van der Waals surface area (Å²) in [6.07, 6.45) is 3.87. The van der Waals surface area contributed by atoms with E-state index in [1.165, 1.54) is 0 Å². The molecule has 3 N–H and O–H groups in total. The van der Waals surface area contributed by atoms with Gasteiger partial charge < -0.3 is 20.5 Å². The Morgan fingerprint density at radius 3 is 2.38 bits per heavy atom. The molecule has 6 heteroatoms. The monoisotopic (exact) mass is 296 g/mol. The van der Waals surface area contributed by atoms with E-state index in [4.69, 9.17) is 9.84 Å². The minimum atomic E-state index is 0.0756. The second-order valence-electron chi connectivity index (χ2n) is 4.85. The zero-order valence-electron chi connectivity index (χ0n) is 13.2. The van der Waals surface area contributed by atoms with Crippen molar-refractivity contribution < 1.29 is 9.84 Å². The van der Waals surface area contributed by atoms with Gasteiger partial charge in [0.05, 0.1) is 13.2 Å². The van der Waals surface area contributed by atoms with E-state index in [1.807, 2.05) is 6.07 Å². The van der Waals surface area contributed by atoms with Gasteiger partial charge in [-0.2, -0.15) is 0 Å². The van der Waals surface area contributed by atoms with Gasteiger partial charge in [0.25, 0.3) is 0 Å². The van der Waals surface area contributed by atoms with Crippen molar-refractivity contribution in [3.63, 3.8) is 0 Å². The fourth-order valence-electron chi connectivity index (χ4n) is 1.82. The van der Waals surface area contributed by atoms with Crippen LogP contribution in [0.25, 0.3) is 0 Å². The van der Waals surface area contributed by atoms with Gasteiger partial charge in [-0.05, 0) is 19.3 Å². The van der Waals surface area contributed by atoms with Crippen molar-refractivity contribution in [2.24, 2.45) is 0 Å². The van der Waals surface area contributed by atoms with E-state index in [1.54, 1.807) is 0 Å². The standard InChI is InChI=1S/C15H28N4O2/c1-3-6-13-18-14(16-7-4-2)12-15(19-13)17-8-5-10-21-11-9-20/h12,20H,3-11H2,1-2H3,(H2,16,17,18,19). The lowest BCUT2D eigenvalue weighted by molar-refractivity contribution is 0.0922. The van der Waals surface area contributed by atoms with Crippen molar-refractivity contribution in [2.45, 2.75) is 39.5 Å². The first-order valence-electron chi connectivity index (χ1n) is 7.84. The molecule has 0 aliphatic rings. The minimum absolute atomic E-state index is 0.0756. The average Bonchev–Trinajstić information content (AvgIpc) is 2.49. The number of aromatic nitrogens is 2. The molecule has 0 unspecified atom stereocenters. The number of nitrogens with one attached hydrogen (secondary N) is 2. The Balaban J connectivity index is 2.48. The third-order valence-corrected chi connectivity index (χ3v) is 2.81. The van der Waals surface area contributed by atoms with Crippen LogP contribution in [0.3, 0.4) is 0 Å². The van der Waals surface area contributed by atoms with Crippen molar-refractivity contribution in [3.8, 4) is 0 Å². The van der Waals surface area contributed by atoms with Crippen LogP contribution in [0.1, 0.15) is 38.9 Å². The van der Waals surface area contributed by atoms with Gasteiger partial charge in [0, 0.05) is 32.2 Å². The molecule has 21 heavy (non-hydrogen) atoms. The molecule has 0 fully saturated rings. The number of hydrogen-bond acceptors (Lipinski definition) is 6. The lowest BCUT2D eigenvalue weighted by Crippen LogP contribution is -2.11. The molecule has 0 aliphatic heterocycles. The molecule has 0 bridgehead atoms. The summed E-state index contributed by atoms with van der Waals surface area (Å²) in [6.45, 7) is 7.08. The smallest absolute Gasteiger partial charge is 0.133 e. The van der Waals surface area contributed by atoms with Crippen LogP contribution in [-0.4, -0.2) is 48.0 Å². The highest BCUT2D eigenvalue weighted by atomic mass is 16.5. The van der Waals surface area contributed by atoms with Crippen molar-refractivity contribution in [2.75, 3.05) is 43.5 Å². The zero-order valence-corrected chi connectivity index (χ0v) is 13.2. The SMILES string of the molecule is CCCNc1cc(NCCCOCCO)nc(CCC)n1. The summed E-state index contributed by atoms with van der Waals surface area (Å²) in [5.74, 6) is 2.61. The highest BCUT2D eigenvalue weighted by Crippen LogP contribution is 2.12. The predicted octanol–water partition coefficient (Wildman–Crippen LogP) is 2.06. The molecule has 0 atom stereocenters. The van der Waals surface area contributed by atoms with Crippen molar-refractivity contribution >= 4 is 11.6 Å². The lowest BCUT2D eigenvalue weighted by Gasteiger charge is -2.11. The molecule has 1 aromatic rings. The van der Waals surface area contributed by atoms with Crippen LogP contribution in [0.4, 0.5) is 11.6 Å². The van der Waals surface area contributed by atoms with E-state index >= 15 is 0 Å². The number of hydrogen-bond donors (Lipinski definition) is 3. The maximum atomic E-state index is 8.62. The normalized spacial score (nSPS) is 10.6. The van der Waals surface area contributed by atoms with Crippen LogP contribution < -0.4 is 10.6 Å². The van der Waals surface area contributed by atoms with E-state index in [2.05, 4.69) is 34.4 Å². The Hall–Kier alpha value is -1.40. The van der Waals surface area contributed by atoms with Crippen molar-refractivity contribution in [3.05, 3.63) is 11.9 Å². The first-order valence-corrected chi connectivity index (χ1v) is 7.84. The lowest BCUT2D eigenvalue weighted by atomic mass is 10.3. The van der Waals surface area contributed by atoms with Gasteiger partial charge in [0.2, 0.25) is 0 Å². The molecule has 0 saturated carbocycles.